The molecule has 21 heavy (non-hydrogen) atoms. The van der Waals surface area contributed by atoms with Crippen molar-refractivity contribution in [3.63, 3.8) is 0 Å². The molecule has 0 fully saturated rings. The molecule has 0 aromatic heterocycles. The maximum absolute atomic E-state index is 4.69. The van der Waals surface area contributed by atoms with E-state index >= 15 is 0 Å². The van der Waals surface area contributed by atoms with Crippen LogP contribution in [0.4, 0.5) is 11.4 Å². The summed E-state index contributed by atoms with van der Waals surface area (Å²) in [5.74, 6) is 1.11. The maximum atomic E-state index is 4.69. The zero-order chi connectivity index (χ0) is 13.5. The Morgan fingerprint density at radius 3 is 2.52 bits per heavy atom. The molecule has 2 heterocycles. The van der Waals surface area contributed by atoms with Gasteiger partial charge in [0.1, 0.15) is 0 Å². The molecule has 0 atom stereocenters. The number of hydrogen-bond acceptors (Lipinski definition) is 3. The van der Waals surface area contributed by atoms with Gasteiger partial charge in [0.05, 0.1) is 24.5 Å². The number of aryl methyl sites for hydroxylation is 1. The number of nitrogens with zero attached hydrogens (tertiary/aromatic N) is 3. The zero-order valence-electron chi connectivity index (χ0n) is 12.0. The average molecular weight is 300 g/mol. The van der Waals surface area contributed by atoms with Crippen LogP contribution in [0.5, 0.6) is 0 Å². The quantitative estimate of drug-likeness (QED) is 0.843. The second-order valence-corrected chi connectivity index (χ2v) is 5.33. The minimum absolute atomic E-state index is 0. The van der Waals surface area contributed by atoms with Crippen molar-refractivity contribution in [1.29, 1.82) is 0 Å². The molecule has 4 heteroatoms. The molecule has 0 N–H and O–H groups in total. The second-order valence-electron chi connectivity index (χ2n) is 5.33. The maximum Gasteiger partial charge on any atom is 0.206 e. The Morgan fingerprint density at radius 1 is 1.00 bits per heavy atom. The van der Waals surface area contributed by atoms with Crippen molar-refractivity contribution in [2.75, 3.05) is 22.9 Å². The molecule has 4 rings (SSSR count). The molecular weight excluding hydrogens is 282 g/mol. The van der Waals surface area contributed by atoms with Crippen LogP contribution in [0.3, 0.4) is 0 Å². The summed E-state index contributed by atoms with van der Waals surface area (Å²) in [7, 11) is 0. The van der Waals surface area contributed by atoms with E-state index in [9.17, 15) is 0 Å². The van der Waals surface area contributed by atoms with Crippen LogP contribution in [-0.2, 0) is 6.54 Å². The SMILES string of the molecule is Cc1ccccc1CN1C2=NCCN2c2ccccc21.Cl. The molecule has 0 spiro atoms. The largest absolute Gasteiger partial charge is 0.308 e. The average Bonchev–Trinajstić information content (AvgIpc) is 3.04. The highest BCUT2D eigenvalue weighted by atomic mass is 35.5. The predicted octanol–water partition coefficient (Wildman–Crippen LogP) is 3.61. The van der Waals surface area contributed by atoms with Gasteiger partial charge in [-0.1, -0.05) is 36.4 Å². The van der Waals surface area contributed by atoms with Gasteiger partial charge in [-0.25, -0.2) is 0 Å². The van der Waals surface area contributed by atoms with Crippen LogP contribution in [0, 0.1) is 6.92 Å². The number of aliphatic imine (C=N–C) groups is 1. The summed E-state index contributed by atoms with van der Waals surface area (Å²) in [4.78, 5) is 9.35. The highest BCUT2D eigenvalue weighted by Gasteiger charge is 2.34. The Kier molecular flexibility index (Phi) is 3.60. The van der Waals surface area contributed by atoms with Crippen LogP contribution in [0.2, 0.25) is 0 Å². The van der Waals surface area contributed by atoms with Gasteiger partial charge >= 0.3 is 0 Å². The molecule has 0 radical (unpaired) electrons. The Hall–Kier alpha value is -2.00. The number of hydrogen-bond donors (Lipinski definition) is 0. The summed E-state index contributed by atoms with van der Waals surface area (Å²) < 4.78 is 0. The van der Waals surface area contributed by atoms with E-state index in [4.69, 9.17) is 0 Å². The third-order valence-electron chi connectivity index (χ3n) is 4.11. The third kappa shape index (κ3) is 2.18. The van der Waals surface area contributed by atoms with Crippen molar-refractivity contribution in [3.05, 3.63) is 59.7 Å². The first-order chi connectivity index (χ1) is 9.84. The van der Waals surface area contributed by atoms with E-state index in [0.717, 1.165) is 25.6 Å². The molecule has 2 aromatic rings. The summed E-state index contributed by atoms with van der Waals surface area (Å²) in [6.07, 6.45) is 0. The van der Waals surface area contributed by atoms with Crippen LogP contribution in [-0.4, -0.2) is 19.0 Å². The highest BCUT2D eigenvalue weighted by Crippen LogP contribution is 2.39. The van der Waals surface area contributed by atoms with E-state index in [0.29, 0.717) is 0 Å². The fourth-order valence-corrected chi connectivity index (χ4v) is 3.04. The minimum atomic E-state index is 0. The summed E-state index contributed by atoms with van der Waals surface area (Å²) in [6.45, 7) is 4.95. The van der Waals surface area contributed by atoms with Crippen molar-refractivity contribution in [3.8, 4) is 0 Å². The van der Waals surface area contributed by atoms with Crippen LogP contribution in [0.1, 0.15) is 11.1 Å². The lowest BCUT2D eigenvalue weighted by molar-refractivity contribution is 0.999. The fourth-order valence-electron chi connectivity index (χ4n) is 3.04. The van der Waals surface area contributed by atoms with Crippen LogP contribution >= 0.6 is 12.4 Å². The van der Waals surface area contributed by atoms with E-state index in [1.54, 1.807) is 0 Å². The molecule has 2 aromatic carbocycles. The van der Waals surface area contributed by atoms with Crippen LogP contribution in [0.15, 0.2) is 53.5 Å². The van der Waals surface area contributed by atoms with Crippen molar-refractivity contribution >= 4 is 29.7 Å². The summed E-state index contributed by atoms with van der Waals surface area (Å²) in [5, 5.41) is 0. The molecule has 108 valence electrons. The first kappa shape index (κ1) is 14.0. The van der Waals surface area contributed by atoms with Crippen LogP contribution in [0.25, 0.3) is 0 Å². The number of anilines is 2. The Bertz CT molecular complexity index is 696. The Morgan fingerprint density at radius 2 is 1.71 bits per heavy atom. The van der Waals surface area contributed by atoms with E-state index in [-0.39, 0.29) is 12.4 Å². The number of rotatable bonds is 2. The zero-order valence-corrected chi connectivity index (χ0v) is 12.8. The standard InChI is InChI=1S/C17H17N3.ClH/c1-13-6-2-3-7-14(13)12-20-16-9-5-4-8-15(16)19-11-10-18-17(19)20;/h2-9H,10-12H2,1H3;1H. The van der Waals surface area contributed by atoms with Crippen molar-refractivity contribution in [1.82, 2.24) is 0 Å². The number of guanidine groups is 1. The topological polar surface area (TPSA) is 18.8 Å². The molecule has 0 amide bonds. The van der Waals surface area contributed by atoms with Gasteiger partial charge in [0, 0.05) is 6.54 Å². The van der Waals surface area contributed by atoms with Gasteiger partial charge in [-0.3, -0.25) is 4.99 Å². The van der Waals surface area contributed by atoms with E-state index < -0.39 is 0 Å². The molecule has 0 saturated heterocycles. The molecular formula is C17H18ClN3. The summed E-state index contributed by atoms with van der Waals surface area (Å²) in [6, 6.07) is 17.2. The van der Waals surface area contributed by atoms with Crippen molar-refractivity contribution in [2.45, 2.75) is 13.5 Å². The number of benzene rings is 2. The van der Waals surface area contributed by atoms with E-state index in [1.165, 1.54) is 22.5 Å². The summed E-state index contributed by atoms with van der Waals surface area (Å²) >= 11 is 0. The third-order valence-corrected chi connectivity index (χ3v) is 4.11. The minimum Gasteiger partial charge on any atom is -0.308 e. The van der Waals surface area contributed by atoms with Gasteiger partial charge < -0.3 is 9.80 Å². The smallest absolute Gasteiger partial charge is 0.206 e. The molecule has 0 aliphatic carbocycles. The first-order valence-electron chi connectivity index (χ1n) is 7.07. The molecule has 0 unspecified atom stereocenters. The lowest BCUT2D eigenvalue weighted by Crippen LogP contribution is -2.35. The number of halogens is 1. The van der Waals surface area contributed by atoms with E-state index in [2.05, 4.69) is 70.2 Å². The normalized spacial score (nSPS) is 15.4. The lowest BCUT2D eigenvalue weighted by atomic mass is 10.1. The number of para-hydroxylation sites is 2. The predicted molar refractivity (Wildman–Crippen MR) is 90.7 cm³/mol. The van der Waals surface area contributed by atoms with Gasteiger partial charge in [0.2, 0.25) is 5.96 Å². The van der Waals surface area contributed by atoms with Gasteiger partial charge in [-0.2, -0.15) is 0 Å². The van der Waals surface area contributed by atoms with Gasteiger partial charge in [-0.15, -0.1) is 12.4 Å². The lowest BCUT2D eigenvalue weighted by Gasteiger charge is -2.20. The number of fused-ring (bicyclic) bond motifs is 3. The van der Waals surface area contributed by atoms with Gasteiger partial charge in [0.15, 0.2) is 0 Å². The fraction of sp³-hybridized carbons (Fsp3) is 0.235. The monoisotopic (exact) mass is 299 g/mol. The van der Waals surface area contributed by atoms with Gasteiger partial charge in [0.25, 0.3) is 0 Å². The first-order valence-corrected chi connectivity index (χ1v) is 7.07. The molecule has 2 aliphatic rings. The van der Waals surface area contributed by atoms with Gasteiger partial charge in [-0.05, 0) is 30.2 Å². The Balaban J connectivity index is 0.00000132. The second kappa shape index (κ2) is 5.41. The molecule has 2 aliphatic heterocycles. The molecule has 3 nitrogen and oxygen atoms in total. The van der Waals surface area contributed by atoms with Crippen LogP contribution < -0.4 is 9.80 Å². The molecule has 0 saturated carbocycles. The highest BCUT2D eigenvalue weighted by molar-refractivity contribution is 6.16. The molecule has 0 bridgehead atoms. The summed E-state index contributed by atoms with van der Waals surface area (Å²) in [5.41, 5.74) is 5.26. The Labute approximate surface area is 131 Å². The van der Waals surface area contributed by atoms with E-state index in [1.807, 2.05) is 0 Å². The van der Waals surface area contributed by atoms with Crippen molar-refractivity contribution < 1.29 is 0 Å². The van der Waals surface area contributed by atoms with Crippen molar-refractivity contribution in [2.24, 2.45) is 4.99 Å².